The first-order chi connectivity index (χ1) is 23.4. The van der Waals surface area contributed by atoms with E-state index in [9.17, 15) is 27.6 Å². The third-order valence-corrected chi connectivity index (χ3v) is 9.13. The van der Waals surface area contributed by atoms with E-state index >= 15 is 0 Å². The lowest BCUT2D eigenvalue weighted by Gasteiger charge is -2.34. The van der Waals surface area contributed by atoms with Crippen molar-refractivity contribution in [2.75, 3.05) is 42.5 Å². The lowest BCUT2D eigenvalue weighted by Crippen LogP contribution is -2.44. The maximum absolute atomic E-state index is 14.0. The number of nitrogens with zero attached hydrogens (tertiary/aromatic N) is 5. The number of anilines is 2. The van der Waals surface area contributed by atoms with Crippen molar-refractivity contribution in [2.45, 2.75) is 88.9 Å². The van der Waals surface area contributed by atoms with Crippen LogP contribution in [0.3, 0.4) is 0 Å². The molecule has 12 nitrogen and oxygen atoms in total. The van der Waals surface area contributed by atoms with E-state index in [0.717, 1.165) is 24.8 Å². The minimum Gasteiger partial charge on any atom is -0.480 e. The zero-order valence-electron chi connectivity index (χ0n) is 27.6. The fraction of sp³-hybridized carbons (Fsp3) is 0.588. The van der Waals surface area contributed by atoms with Gasteiger partial charge in [0.25, 0.3) is 0 Å². The molecule has 2 atom stereocenters. The molecule has 2 saturated heterocycles. The van der Waals surface area contributed by atoms with E-state index in [-0.39, 0.29) is 23.5 Å². The van der Waals surface area contributed by atoms with Gasteiger partial charge < -0.3 is 31.3 Å². The normalized spacial score (nSPS) is 17.4. The van der Waals surface area contributed by atoms with Crippen molar-refractivity contribution in [1.29, 1.82) is 5.26 Å². The molecule has 0 aliphatic carbocycles. The molecule has 49 heavy (non-hydrogen) atoms. The van der Waals surface area contributed by atoms with Crippen LogP contribution in [0.25, 0.3) is 0 Å². The van der Waals surface area contributed by atoms with Crippen LogP contribution in [0.1, 0.15) is 81.2 Å². The minimum absolute atomic E-state index is 0.0617. The third kappa shape index (κ3) is 11.3. The number of hydrogen-bond acceptors (Lipinski definition) is 9. The molecular weight excluding hydrogens is 641 g/mol. The number of carboxylic acids is 1. The smallest absolute Gasteiger partial charge is 0.451 e. The van der Waals surface area contributed by atoms with E-state index in [1.165, 1.54) is 0 Å². The predicted molar refractivity (Wildman–Crippen MR) is 177 cm³/mol. The largest absolute Gasteiger partial charge is 0.480 e. The van der Waals surface area contributed by atoms with Gasteiger partial charge in [0.1, 0.15) is 23.7 Å². The van der Waals surface area contributed by atoms with Gasteiger partial charge in [-0.2, -0.15) is 18.4 Å². The first kappa shape index (κ1) is 37.4. The van der Waals surface area contributed by atoms with Gasteiger partial charge in [-0.15, -0.1) is 0 Å². The summed E-state index contributed by atoms with van der Waals surface area (Å²) in [6.45, 7) is 2.25. The number of nitrogens with one attached hydrogen (secondary N) is 2. The molecule has 5 N–H and O–H groups in total. The molecule has 2 fully saturated rings. The number of nitrogens with two attached hydrogens (primary N) is 1. The van der Waals surface area contributed by atoms with Crippen LogP contribution in [0.2, 0.25) is 0 Å². The Bertz CT molecular complexity index is 1460. The van der Waals surface area contributed by atoms with Gasteiger partial charge in [0.15, 0.2) is 0 Å². The molecule has 0 spiro atoms. The summed E-state index contributed by atoms with van der Waals surface area (Å²) in [6, 6.07) is 9.15. The van der Waals surface area contributed by atoms with Crippen LogP contribution in [-0.2, 0) is 27.0 Å². The van der Waals surface area contributed by atoms with Crippen molar-refractivity contribution in [2.24, 2.45) is 11.7 Å². The zero-order valence-corrected chi connectivity index (χ0v) is 27.6. The molecule has 1 aromatic carbocycles. The molecule has 1 unspecified atom stereocenters. The average molecular weight is 687 g/mol. The van der Waals surface area contributed by atoms with Crippen molar-refractivity contribution in [3.05, 3.63) is 47.3 Å². The number of unbranched alkanes of at least 4 members (excludes halogenated alkanes) is 1. The number of piperidine rings is 1. The highest BCUT2D eigenvalue weighted by Gasteiger charge is 2.39. The Morgan fingerprint density at radius 3 is 2.39 bits per heavy atom. The van der Waals surface area contributed by atoms with Crippen molar-refractivity contribution in [1.82, 2.24) is 20.6 Å². The number of nitriles is 1. The van der Waals surface area contributed by atoms with Gasteiger partial charge in [-0.3, -0.25) is 14.4 Å². The first-order valence-corrected chi connectivity index (χ1v) is 16.9. The van der Waals surface area contributed by atoms with E-state index in [2.05, 4.69) is 26.7 Å². The highest BCUT2D eigenvalue weighted by Crippen LogP contribution is 2.34. The summed E-state index contributed by atoms with van der Waals surface area (Å²) >= 11 is 0. The van der Waals surface area contributed by atoms with Gasteiger partial charge in [0.05, 0.1) is 11.6 Å². The number of carbonyl (C=O) groups is 3. The number of aromatic nitrogens is 2. The van der Waals surface area contributed by atoms with Gasteiger partial charge in [-0.05, 0) is 87.8 Å². The lowest BCUT2D eigenvalue weighted by atomic mass is 9.91. The second kappa shape index (κ2) is 17.8. The van der Waals surface area contributed by atoms with Crippen LogP contribution >= 0.6 is 0 Å². The first-order valence-electron chi connectivity index (χ1n) is 16.9. The van der Waals surface area contributed by atoms with Crippen LogP contribution in [-0.4, -0.2) is 77.7 Å². The molecule has 0 radical (unpaired) electrons. The van der Waals surface area contributed by atoms with E-state index < -0.39 is 30.1 Å². The van der Waals surface area contributed by atoms with Gasteiger partial charge in [0, 0.05) is 45.2 Å². The summed E-state index contributed by atoms with van der Waals surface area (Å²) in [5.74, 6) is -1.99. The molecule has 2 aromatic rings. The second-order valence-electron chi connectivity index (χ2n) is 12.7. The Morgan fingerprint density at radius 2 is 1.71 bits per heavy atom. The summed E-state index contributed by atoms with van der Waals surface area (Å²) in [6.07, 6.45) is 1.95. The summed E-state index contributed by atoms with van der Waals surface area (Å²) in [4.78, 5) is 47.3. The number of hydrogen-bond donors (Lipinski definition) is 4. The highest BCUT2D eigenvalue weighted by atomic mass is 19.4. The molecule has 2 aliphatic rings. The fourth-order valence-electron chi connectivity index (χ4n) is 6.30. The molecule has 3 heterocycles. The standard InChI is InChI=1S/C34H45F3N8O4/c35-34(36,37)33-42-28(44-19-14-23(15-20-44)5-3-8-30(46)40-16-2-1-6-26(39)32(48)49)21-29(43-33)45-18-4-7-27(45)31(47)41-17-13-24-9-11-25(22-38)12-10-24/h9-12,21,23,26-27H,1-8,13-20,39H2,(H,40,46)(H,41,47)(H,48,49)/t26?,27-/m0/s1. The number of alkyl halides is 3. The van der Waals surface area contributed by atoms with Crippen molar-refractivity contribution < 1.29 is 32.7 Å². The van der Waals surface area contributed by atoms with E-state index in [0.29, 0.717) is 95.6 Å². The summed E-state index contributed by atoms with van der Waals surface area (Å²) in [5.41, 5.74) is 6.98. The van der Waals surface area contributed by atoms with Gasteiger partial charge >= 0.3 is 12.1 Å². The van der Waals surface area contributed by atoms with Gasteiger partial charge in [0.2, 0.25) is 17.6 Å². The van der Waals surface area contributed by atoms with Gasteiger partial charge in [-0.25, -0.2) is 9.97 Å². The van der Waals surface area contributed by atoms with E-state index in [4.69, 9.17) is 16.1 Å². The number of rotatable bonds is 16. The molecule has 266 valence electrons. The van der Waals surface area contributed by atoms with Crippen molar-refractivity contribution in [3.63, 3.8) is 0 Å². The highest BCUT2D eigenvalue weighted by molar-refractivity contribution is 5.85. The number of amides is 2. The molecular formula is C34H45F3N8O4. The van der Waals surface area contributed by atoms with Crippen LogP contribution in [0.15, 0.2) is 30.3 Å². The predicted octanol–water partition coefficient (Wildman–Crippen LogP) is 3.78. The van der Waals surface area contributed by atoms with Crippen molar-refractivity contribution >= 4 is 29.4 Å². The molecule has 0 bridgehead atoms. The zero-order chi connectivity index (χ0) is 35.4. The van der Waals surface area contributed by atoms with Crippen LogP contribution in [0.4, 0.5) is 24.8 Å². The maximum atomic E-state index is 14.0. The number of benzene rings is 1. The Balaban J connectivity index is 1.27. The molecule has 4 rings (SSSR count). The quantitative estimate of drug-likeness (QED) is 0.190. The second-order valence-corrected chi connectivity index (χ2v) is 12.7. The lowest BCUT2D eigenvalue weighted by molar-refractivity contribution is -0.145. The van der Waals surface area contributed by atoms with E-state index in [1.54, 1.807) is 23.1 Å². The number of carbonyl (C=O) groups excluding carboxylic acids is 2. The monoisotopic (exact) mass is 686 g/mol. The molecule has 0 saturated carbocycles. The summed E-state index contributed by atoms with van der Waals surface area (Å²) in [7, 11) is 0. The van der Waals surface area contributed by atoms with Crippen LogP contribution < -0.4 is 26.2 Å². The van der Waals surface area contributed by atoms with Crippen LogP contribution in [0.5, 0.6) is 0 Å². The Labute approximate surface area is 284 Å². The Morgan fingerprint density at radius 1 is 1.00 bits per heavy atom. The van der Waals surface area contributed by atoms with E-state index in [1.807, 2.05) is 17.0 Å². The molecule has 2 amide bonds. The average Bonchev–Trinajstić information content (AvgIpc) is 3.58. The summed E-state index contributed by atoms with van der Waals surface area (Å²) < 4.78 is 41.9. The topological polar surface area (TPSA) is 178 Å². The minimum atomic E-state index is -4.76. The maximum Gasteiger partial charge on any atom is 0.451 e. The molecule has 15 heteroatoms. The number of carboxylic acid groups (broad SMARTS) is 1. The molecule has 2 aliphatic heterocycles. The third-order valence-electron chi connectivity index (χ3n) is 9.13. The summed E-state index contributed by atoms with van der Waals surface area (Å²) in [5, 5.41) is 23.5. The number of aliphatic carboxylic acids is 1. The Kier molecular flexibility index (Phi) is 13.6. The Hall–Kier alpha value is -4.45. The fourth-order valence-corrected chi connectivity index (χ4v) is 6.30. The van der Waals surface area contributed by atoms with Crippen molar-refractivity contribution in [3.8, 4) is 6.07 Å². The number of halogens is 3. The van der Waals surface area contributed by atoms with Crippen LogP contribution in [0, 0.1) is 17.2 Å². The SMILES string of the molecule is N#Cc1ccc(CCNC(=O)[C@@H]2CCCN2c2cc(N3CCC(CCCC(=O)NCCCCC(N)C(=O)O)CC3)nc(C(F)(F)F)n2)cc1. The van der Waals surface area contributed by atoms with Gasteiger partial charge in [-0.1, -0.05) is 12.1 Å². The molecule has 1 aromatic heterocycles.